The molecule has 21 heavy (non-hydrogen) atoms. The van der Waals surface area contributed by atoms with Gasteiger partial charge in [-0.1, -0.05) is 20.3 Å². The Labute approximate surface area is 129 Å². The predicted octanol–water partition coefficient (Wildman–Crippen LogP) is 1.42. The van der Waals surface area contributed by atoms with Crippen molar-refractivity contribution in [2.75, 3.05) is 19.6 Å². The molecule has 0 saturated heterocycles. The van der Waals surface area contributed by atoms with E-state index in [1.165, 1.54) is 0 Å². The molecule has 1 aromatic heterocycles. The molecule has 0 aliphatic heterocycles. The zero-order valence-corrected chi connectivity index (χ0v) is 13.1. The van der Waals surface area contributed by atoms with Gasteiger partial charge < -0.3 is 10.6 Å². The van der Waals surface area contributed by atoms with Gasteiger partial charge in [0.25, 0.3) is 5.91 Å². The van der Waals surface area contributed by atoms with E-state index < -0.39 is 10.8 Å². The zero-order chi connectivity index (χ0) is 15.0. The van der Waals surface area contributed by atoms with Crippen LogP contribution >= 0.6 is 12.4 Å². The molecule has 1 rings (SSSR count). The van der Waals surface area contributed by atoms with E-state index in [9.17, 15) is 14.9 Å². The summed E-state index contributed by atoms with van der Waals surface area (Å²) in [7, 11) is 0. The number of nitro groups is 1. The Balaban J connectivity index is 0.00000400. The Morgan fingerprint density at radius 2 is 2.00 bits per heavy atom. The van der Waals surface area contributed by atoms with Gasteiger partial charge in [0.1, 0.15) is 5.69 Å². The van der Waals surface area contributed by atoms with Crippen LogP contribution in [0.1, 0.15) is 42.9 Å². The topological polar surface area (TPSA) is 113 Å². The van der Waals surface area contributed by atoms with Crippen molar-refractivity contribution in [3.63, 3.8) is 0 Å². The van der Waals surface area contributed by atoms with Crippen LogP contribution in [0.4, 0.5) is 5.69 Å². The highest BCUT2D eigenvalue weighted by Gasteiger charge is 2.28. The predicted molar refractivity (Wildman–Crippen MR) is 82.0 cm³/mol. The van der Waals surface area contributed by atoms with Crippen LogP contribution in [-0.2, 0) is 6.42 Å². The number of rotatable bonds is 9. The first kappa shape index (κ1) is 19.3. The van der Waals surface area contributed by atoms with E-state index in [2.05, 4.69) is 20.8 Å². The van der Waals surface area contributed by atoms with Gasteiger partial charge in [-0.2, -0.15) is 5.10 Å². The summed E-state index contributed by atoms with van der Waals surface area (Å²) in [6.45, 7) is 5.86. The minimum absolute atomic E-state index is 0. The molecule has 0 unspecified atom stereocenters. The second kappa shape index (κ2) is 10.1. The molecule has 0 saturated carbocycles. The van der Waals surface area contributed by atoms with E-state index in [1.807, 2.05) is 13.8 Å². The third-order valence-electron chi connectivity index (χ3n) is 2.72. The second-order valence-electron chi connectivity index (χ2n) is 4.41. The molecule has 0 radical (unpaired) electrons. The van der Waals surface area contributed by atoms with Gasteiger partial charge in [-0.05, 0) is 19.4 Å². The van der Waals surface area contributed by atoms with Crippen LogP contribution in [0.25, 0.3) is 0 Å². The van der Waals surface area contributed by atoms with Crippen LogP contribution < -0.4 is 10.6 Å². The van der Waals surface area contributed by atoms with E-state index >= 15 is 0 Å². The van der Waals surface area contributed by atoms with Crippen LogP contribution in [0, 0.1) is 10.1 Å². The van der Waals surface area contributed by atoms with Crippen molar-refractivity contribution in [3.05, 3.63) is 21.5 Å². The lowest BCUT2D eigenvalue weighted by Gasteiger charge is -2.04. The van der Waals surface area contributed by atoms with Crippen LogP contribution in [0.3, 0.4) is 0 Å². The monoisotopic (exact) mass is 319 g/mol. The molecule has 120 valence electrons. The van der Waals surface area contributed by atoms with Gasteiger partial charge in [-0.3, -0.25) is 20.0 Å². The SMILES string of the molecule is CCCNCCNC(=O)c1n[nH]c(CCC)c1[N+](=O)[O-].Cl. The van der Waals surface area contributed by atoms with Crippen molar-refractivity contribution < 1.29 is 9.72 Å². The number of aromatic nitrogens is 2. The molecule has 1 amide bonds. The Morgan fingerprint density at radius 3 is 2.57 bits per heavy atom. The molecule has 0 atom stereocenters. The summed E-state index contributed by atoms with van der Waals surface area (Å²) in [4.78, 5) is 22.4. The van der Waals surface area contributed by atoms with Crippen molar-refractivity contribution >= 4 is 24.0 Å². The first-order chi connectivity index (χ1) is 9.61. The molecule has 1 heterocycles. The number of halogens is 1. The van der Waals surface area contributed by atoms with E-state index in [-0.39, 0.29) is 23.8 Å². The lowest BCUT2D eigenvalue weighted by Crippen LogP contribution is -2.32. The van der Waals surface area contributed by atoms with Gasteiger partial charge in [-0.25, -0.2) is 0 Å². The number of hydrogen-bond donors (Lipinski definition) is 3. The van der Waals surface area contributed by atoms with Gasteiger partial charge in [0.15, 0.2) is 0 Å². The molecule has 0 aromatic carbocycles. The lowest BCUT2D eigenvalue weighted by atomic mass is 10.2. The summed E-state index contributed by atoms with van der Waals surface area (Å²) in [5, 5.41) is 23.2. The molecule has 8 nitrogen and oxygen atoms in total. The minimum Gasteiger partial charge on any atom is -0.349 e. The molecular formula is C12H22ClN5O3. The number of carbonyl (C=O) groups is 1. The molecule has 0 fully saturated rings. The lowest BCUT2D eigenvalue weighted by molar-refractivity contribution is -0.385. The minimum atomic E-state index is -0.557. The molecule has 0 aliphatic carbocycles. The summed E-state index contributed by atoms with van der Waals surface area (Å²) in [5.74, 6) is -0.520. The van der Waals surface area contributed by atoms with Crippen LogP contribution in [0.15, 0.2) is 0 Å². The number of hydrogen-bond acceptors (Lipinski definition) is 5. The van der Waals surface area contributed by atoms with E-state index in [0.717, 1.165) is 19.4 Å². The molecule has 0 spiro atoms. The Bertz CT molecular complexity index is 464. The van der Waals surface area contributed by atoms with Crippen LogP contribution in [0.2, 0.25) is 0 Å². The Hall–Kier alpha value is -1.67. The molecule has 0 bridgehead atoms. The number of aromatic amines is 1. The van der Waals surface area contributed by atoms with Crippen molar-refractivity contribution in [3.8, 4) is 0 Å². The maximum Gasteiger partial charge on any atom is 0.322 e. The number of H-pyrrole nitrogens is 1. The summed E-state index contributed by atoms with van der Waals surface area (Å²) in [5.41, 5.74) is 0.0339. The average Bonchev–Trinajstić information content (AvgIpc) is 2.82. The number of aryl methyl sites for hydroxylation is 1. The van der Waals surface area contributed by atoms with Crippen molar-refractivity contribution in [2.24, 2.45) is 0 Å². The fourth-order valence-corrected chi connectivity index (χ4v) is 1.80. The average molecular weight is 320 g/mol. The zero-order valence-electron chi connectivity index (χ0n) is 12.3. The van der Waals surface area contributed by atoms with E-state index in [0.29, 0.717) is 25.2 Å². The third-order valence-corrected chi connectivity index (χ3v) is 2.72. The maximum absolute atomic E-state index is 11.9. The van der Waals surface area contributed by atoms with Crippen molar-refractivity contribution in [1.29, 1.82) is 0 Å². The van der Waals surface area contributed by atoms with Crippen molar-refractivity contribution in [2.45, 2.75) is 33.1 Å². The Kier molecular flexibility index (Phi) is 9.31. The fraction of sp³-hybridized carbons (Fsp3) is 0.667. The molecule has 9 heteroatoms. The van der Waals surface area contributed by atoms with E-state index in [4.69, 9.17) is 0 Å². The third kappa shape index (κ3) is 5.68. The number of carbonyl (C=O) groups excluding carboxylic acids is 1. The second-order valence-corrected chi connectivity index (χ2v) is 4.41. The summed E-state index contributed by atoms with van der Waals surface area (Å²) < 4.78 is 0. The maximum atomic E-state index is 11.9. The first-order valence-electron chi connectivity index (χ1n) is 6.82. The molecular weight excluding hydrogens is 298 g/mol. The standard InChI is InChI=1S/C12H21N5O3.ClH/c1-3-5-9-11(17(19)20)10(16-15-9)12(18)14-8-7-13-6-4-2;/h13H,3-8H2,1-2H3,(H,14,18)(H,15,16);1H. The normalized spacial score (nSPS) is 10.0. The highest BCUT2D eigenvalue weighted by Crippen LogP contribution is 2.22. The quantitative estimate of drug-likeness (QED) is 0.362. The highest BCUT2D eigenvalue weighted by molar-refractivity contribution is 5.96. The van der Waals surface area contributed by atoms with Gasteiger partial charge in [0.05, 0.1) is 4.92 Å². The molecule has 0 aliphatic rings. The molecule has 1 aromatic rings. The highest BCUT2D eigenvalue weighted by atomic mass is 35.5. The number of amides is 1. The Morgan fingerprint density at radius 1 is 1.29 bits per heavy atom. The fourth-order valence-electron chi connectivity index (χ4n) is 1.80. The summed E-state index contributed by atoms with van der Waals surface area (Å²) >= 11 is 0. The van der Waals surface area contributed by atoms with Crippen molar-refractivity contribution in [1.82, 2.24) is 20.8 Å². The van der Waals surface area contributed by atoms with Gasteiger partial charge in [0, 0.05) is 13.1 Å². The van der Waals surface area contributed by atoms with Gasteiger partial charge >= 0.3 is 5.69 Å². The summed E-state index contributed by atoms with van der Waals surface area (Å²) in [6, 6.07) is 0. The van der Waals surface area contributed by atoms with Gasteiger partial charge in [-0.15, -0.1) is 12.4 Å². The van der Waals surface area contributed by atoms with E-state index in [1.54, 1.807) is 0 Å². The molecule has 3 N–H and O–H groups in total. The number of nitrogens with zero attached hydrogens (tertiary/aromatic N) is 2. The summed E-state index contributed by atoms with van der Waals surface area (Å²) in [6.07, 6.45) is 2.25. The van der Waals surface area contributed by atoms with Gasteiger partial charge in [0.2, 0.25) is 5.69 Å². The smallest absolute Gasteiger partial charge is 0.322 e. The first-order valence-corrected chi connectivity index (χ1v) is 6.82. The van der Waals surface area contributed by atoms with Crippen LogP contribution in [-0.4, -0.2) is 40.7 Å². The van der Waals surface area contributed by atoms with Crippen LogP contribution in [0.5, 0.6) is 0 Å². The largest absolute Gasteiger partial charge is 0.349 e. The number of nitrogens with one attached hydrogen (secondary N) is 3.